The fraction of sp³-hybridized carbons (Fsp3) is 0.562. The Bertz CT molecular complexity index is 475. The van der Waals surface area contributed by atoms with Crippen molar-refractivity contribution >= 4 is 21.6 Å². The van der Waals surface area contributed by atoms with Gasteiger partial charge < -0.3 is 10.2 Å². The summed E-state index contributed by atoms with van der Waals surface area (Å²) in [5, 5.41) is 12.4. The number of benzene rings is 1. The van der Waals surface area contributed by atoms with Crippen molar-refractivity contribution in [2.75, 3.05) is 31.1 Å². The molecule has 1 aromatic rings. The van der Waals surface area contributed by atoms with E-state index in [4.69, 9.17) is 5.26 Å². The van der Waals surface area contributed by atoms with Gasteiger partial charge in [0.15, 0.2) is 0 Å². The summed E-state index contributed by atoms with van der Waals surface area (Å²) in [6.45, 7) is 6.67. The molecule has 2 rings (SSSR count). The van der Waals surface area contributed by atoms with Crippen molar-refractivity contribution in [3.05, 3.63) is 28.2 Å². The molecular formula is C16H22BrN3. The molecule has 0 saturated carbocycles. The normalized spacial score (nSPS) is 15.8. The number of piperidine rings is 1. The Morgan fingerprint density at radius 1 is 1.40 bits per heavy atom. The predicted octanol–water partition coefficient (Wildman–Crippen LogP) is 3.54. The molecule has 0 radical (unpaired) electrons. The van der Waals surface area contributed by atoms with Gasteiger partial charge in [-0.15, -0.1) is 0 Å². The van der Waals surface area contributed by atoms with Crippen molar-refractivity contribution in [3.63, 3.8) is 0 Å². The molecule has 1 N–H and O–H groups in total. The highest BCUT2D eigenvalue weighted by atomic mass is 79.9. The average Bonchev–Trinajstić information content (AvgIpc) is 2.48. The van der Waals surface area contributed by atoms with Gasteiger partial charge in [0.2, 0.25) is 0 Å². The Hall–Kier alpha value is -1.05. The summed E-state index contributed by atoms with van der Waals surface area (Å²) < 4.78 is 1.03. The van der Waals surface area contributed by atoms with E-state index in [1.807, 2.05) is 12.1 Å². The van der Waals surface area contributed by atoms with Crippen LogP contribution in [-0.4, -0.2) is 26.2 Å². The summed E-state index contributed by atoms with van der Waals surface area (Å²) in [6.07, 6.45) is 3.65. The number of halogens is 1. The molecule has 0 spiro atoms. The highest BCUT2D eigenvalue weighted by Gasteiger charge is 2.18. The van der Waals surface area contributed by atoms with E-state index < -0.39 is 0 Å². The van der Waals surface area contributed by atoms with Crippen LogP contribution in [0.2, 0.25) is 0 Å². The molecule has 1 saturated heterocycles. The Balaban J connectivity index is 2.12. The molecule has 0 amide bonds. The number of nitriles is 1. The molecule has 0 aliphatic carbocycles. The topological polar surface area (TPSA) is 39.1 Å². The van der Waals surface area contributed by atoms with Gasteiger partial charge >= 0.3 is 0 Å². The van der Waals surface area contributed by atoms with E-state index in [2.05, 4.69) is 45.2 Å². The van der Waals surface area contributed by atoms with Crippen molar-refractivity contribution in [2.45, 2.75) is 26.2 Å². The number of hydrogen-bond acceptors (Lipinski definition) is 3. The van der Waals surface area contributed by atoms with Crippen LogP contribution in [0.15, 0.2) is 22.7 Å². The fourth-order valence-electron chi connectivity index (χ4n) is 2.79. The van der Waals surface area contributed by atoms with Crippen molar-refractivity contribution in [1.29, 1.82) is 5.26 Å². The molecule has 108 valence electrons. The van der Waals surface area contributed by atoms with Crippen molar-refractivity contribution in [1.82, 2.24) is 5.32 Å². The van der Waals surface area contributed by atoms with Gasteiger partial charge in [-0.2, -0.15) is 5.26 Å². The van der Waals surface area contributed by atoms with Gasteiger partial charge in [-0.25, -0.2) is 0 Å². The molecule has 1 aromatic carbocycles. The number of anilines is 1. The van der Waals surface area contributed by atoms with Gasteiger partial charge in [0, 0.05) is 17.6 Å². The molecule has 0 aromatic heterocycles. The SMILES string of the molecule is CCCN(CC1CCNCC1)c1ccc(C#N)cc1Br. The third-order valence-corrected chi connectivity index (χ3v) is 4.48. The van der Waals surface area contributed by atoms with E-state index >= 15 is 0 Å². The summed E-state index contributed by atoms with van der Waals surface area (Å²) in [5.41, 5.74) is 1.92. The zero-order valence-electron chi connectivity index (χ0n) is 12.0. The van der Waals surface area contributed by atoms with E-state index in [0.29, 0.717) is 5.56 Å². The first-order valence-electron chi connectivity index (χ1n) is 7.40. The molecule has 4 heteroatoms. The largest absolute Gasteiger partial charge is 0.370 e. The lowest BCUT2D eigenvalue weighted by atomic mass is 9.97. The van der Waals surface area contributed by atoms with E-state index in [1.54, 1.807) is 0 Å². The number of nitrogens with one attached hydrogen (secondary N) is 1. The molecule has 1 fully saturated rings. The summed E-state index contributed by atoms with van der Waals surface area (Å²) in [4.78, 5) is 2.46. The Kier molecular flexibility index (Phi) is 5.87. The summed E-state index contributed by atoms with van der Waals surface area (Å²) in [6, 6.07) is 8.08. The van der Waals surface area contributed by atoms with Gasteiger partial charge in [0.1, 0.15) is 0 Å². The van der Waals surface area contributed by atoms with Crippen LogP contribution in [0.1, 0.15) is 31.7 Å². The minimum absolute atomic E-state index is 0.707. The minimum atomic E-state index is 0.707. The lowest BCUT2D eigenvalue weighted by Crippen LogP contribution is -2.36. The van der Waals surface area contributed by atoms with Gasteiger partial charge in [0.25, 0.3) is 0 Å². The van der Waals surface area contributed by atoms with E-state index in [-0.39, 0.29) is 0 Å². The van der Waals surface area contributed by atoms with Crippen molar-refractivity contribution in [2.24, 2.45) is 5.92 Å². The van der Waals surface area contributed by atoms with Crippen LogP contribution in [0.25, 0.3) is 0 Å². The lowest BCUT2D eigenvalue weighted by molar-refractivity contribution is 0.373. The van der Waals surface area contributed by atoms with E-state index in [1.165, 1.54) is 18.5 Å². The third kappa shape index (κ3) is 3.97. The molecule has 0 bridgehead atoms. The molecule has 0 unspecified atom stereocenters. The van der Waals surface area contributed by atoms with Crippen LogP contribution in [0, 0.1) is 17.2 Å². The van der Waals surface area contributed by atoms with Gasteiger partial charge in [0.05, 0.1) is 17.3 Å². The molecule has 1 aliphatic heterocycles. The third-order valence-electron chi connectivity index (χ3n) is 3.85. The predicted molar refractivity (Wildman–Crippen MR) is 87.0 cm³/mol. The van der Waals surface area contributed by atoms with E-state index in [9.17, 15) is 0 Å². The average molecular weight is 336 g/mol. The molecular weight excluding hydrogens is 314 g/mol. The summed E-state index contributed by atoms with van der Waals surface area (Å²) in [5.74, 6) is 0.769. The molecule has 0 atom stereocenters. The van der Waals surface area contributed by atoms with Crippen LogP contribution in [0.3, 0.4) is 0 Å². The minimum Gasteiger partial charge on any atom is -0.370 e. The highest BCUT2D eigenvalue weighted by Crippen LogP contribution is 2.29. The Labute approximate surface area is 130 Å². The first-order chi connectivity index (χ1) is 9.74. The van der Waals surface area contributed by atoms with Gasteiger partial charge in [-0.1, -0.05) is 6.92 Å². The van der Waals surface area contributed by atoms with Crippen molar-refractivity contribution < 1.29 is 0 Å². The number of rotatable bonds is 5. The standard InChI is InChI=1S/C16H22BrN3/c1-2-9-20(12-13-5-7-19-8-6-13)16-4-3-14(11-18)10-15(16)17/h3-4,10,13,19H,2,5-9,12H2,1H3. The highest BCUT2D eigenvalue weighted by molar-refractivity contribution is 9.10. The maximum atomic E-state index is 8.96. The first-order valence-corrected chi connectivity index (χ1v) is 8.19. The second-order valence-corrected chi connectivity index (χ2v) is 6.27. The van der Waals surface area contributed by atoms with Crippen LogP contribution in [-0.2, 0) is 0 Å². The fourth-order valence-corrected chi connectivity index (χ4v) is 3.42. The number of nitrogens with zero attached hydrogens (tertiary/aromatic N) is 2. The van der Waals surface area contributed by atoms with Crippen LogP contribution < -0.4 is 10.2 Å². The zero-order valence-corrected chi connectivity index (χ0v) is 13.6. The first kappa shape index (κ1) is 15.3. The smallest absolute Gasteiger partial charge is 0.0992 e. The van der Waals surface area contributed by atoms with Crippen LogP contribution in [0.4, 0.5) is 5.69 Å². The van der Waals surface area contributed by atoms with Crippen molar-refractivity contribution in [3.8, 4) is 6.07 Å². The van der Waals surface area contributed by atoms with Crippen LogP contribution >= 0.6 is 15.9 Å². The zero-order chi connectivity index (χ0) is 14.4. The number of hydrogen-bond donors (Lipinski definition) is 1. The Morgan fingerprint density at radius 3 is 2.75 bits per heavy atom. The second-order valence-electron chi connectivity index (χ2n) is 5.42. The van der Waals surface area contributed by atoms with Gasteiger partial charge in [-0.05, 0) is 72.4 Å². The maximum absolute atomic E-state index is 8.96. The van der Waals surface area contributed by atoms with Gasteiger partial charge in [-0.3, -0.25) is 0 Å². The molecule has 1 aliphatic rings. The Morgan fingerprint density at radius 2 is 2.15 bits per heavy atom. The summed E-state index contributed by atoms with van der Waals surface area (Å²) in [7, 11) is 0. The van der Waals surface area contributed by atoms with E-state index in [0.717, 1.165) is 43.0 Å². The molecule has 20 heavy (non-hydrogen) atoms. The quantitative estimate of drug-likeness (QED) is 0.894. The summed E-state index contributed by atoms with van der Waals surface area (Å²) >= 11 is 3.62. The second kappa shape index (κ2) is 7.66. The van der Waals surface area contributed by atoms with Crippen LogP contribution in [0.5, 0.6) is 0 Å². The molecule has 3 nitrogen and oxygen atoms in total. The molecule has 1 heterocycles. The maximum Gasteiger partial charge on any atom is 0.0992 e. The lowest BCUT2D eigenvalue weighted by Gasteiger charge is -2.32. The monoisotopic (exact) mass is 335 g/mol.